The molecule has 0 aromatic heterocycles. The van der Waals surface area contributed by atoms with Gasteiger partial charge in [0.25, 0.3) is 0 Å². The van der Waals surface area contributed by atoms with E-state index in [-0.39, 0.29) is 23.0 Å². The Labute approximate surface area is 121 Å². The van der Waals surface area contributed by atoms with Crippen LogP contribution in [0.2, 0.25) is 0 Å². The Kier molecular flexibility index (Phi) is 4.67. The molecule has 0 radical (unpaired) electrons. The summed E-state index contributed by atoms with van der Waals surface area (Å²) in [5.41, 5.74) is 0.327. The zero-order valence-electron chi connectivity index (χ0n) is 11.3. The average molecular weight is 322 g/mol. The molecule has 2 unspecified atom stereocenters. The number of ether oxygens (including phenoxy) is 2. The van der Waals surface area contributed by atoms with Crippen LogP contribution in [0, 0.1) is 5.92 Å². The number of rotatable bonds is 5. The molecule has 8 heteroatoms. The summed E-state index contributed by atoms with van der Waals surface area (Å²) in [5.74, 6) is -0.589. The average Bonchev–Trinajstić information content (AvgIpc) is 2.77. The lowest BCUT2D eigenvalue weighted by molar-refractivity contribution is -0.0514. The third kappa shape index (κ3) is 3.82. The van der Waals surface area contributed by atoms with E-state index in [0.717, 1.165) is 0 Å². The largest absolute Gasteiger partial charge is 0.493 e. The summed E-state index contributed by atoms with van der Waals surface area (Å²) in [4.78, 5) is 0. The first kappa shape index (κ1) is 16.0. The molecule has 0 aliphatic carbocycles. The smallest absolute Gasteiger partial charge is 0.387 e. The molecule has 2 atom stereocenters. The monoisotopic (exact) mass is 322 g/mol. The van der Waals surface area contributed by atoms with Crippen LogP contribution in [0.3, 0.4) is 0 Å². The van der Waals surface area contributed by atoms with E-state index >= 15 is 0 Å². The first-order valence-corrected chi connectivity index (χ1v) is 8.16. The van der Waals surface area contributed by atoms with Gasteiger partial charge in [-0.2, -0.15) is 8.78 Å². The van der Waals surface area contributed by atoms with Crippen molar-refractivity contribution in [2.75, 3.05) is 18.6 Å². The molecular weight excluding hydrogens is 306 g/mol. The second-order valence-electron chi connectivity index (χ2n) is 4.90. The fourth-order valence-electron chi connectivity index (χ4n) is 2.41. The van der Waals surface area contributed by atoms with Crippen molar-refractivity contribution in [2.24, 2.45) is 5.92 Å². The summed E-state index contributed by atoms with van der Waals surface area (Å²) in [7, 11) is -1.81. The van der Waals surface area contributed by atoms with Gasteiger partial charge < -0.3 is 14.6 Å². The highest BCUT2D eigenvalue weighted by atomic mass is 32.2. The number of sulfone groups is 1. The Bertz CT molecular complexity index is 603. The van der Waals surface area contributed by atoms with E-state index in [1.807, 2.05) is 0 Å². The molecule has 118 valence electrons. The molecule has 0 bridgehead atoms. The Hall–Kier alpha value is -1.41. The molecule has 1 aliphatic heterocycles. The molecule has 1 aromatic rings. The van der Waals surface area contributed by atoms with Crippen molar-refractivity contribution in [3.05, 3.63) is 23.8 Å². The molecule has 0 saturated carbocycles. The molecule has 0 amide bonds. The quantitative estimate of drug-likeness (QED) is 0.894. The maximum Gasteiger partial charge on any atom is 0.387 e. The summed E-state index contributed by atoms with van der Waals surface area (Å²) in [5, 5.41) is 10.2. The second-order valence-corrected chi connectivity index (χ2v) is 7.13. The van der Waals surface area contributed by atoms with E-state index in [1.165, 1.54) is 25.3 Å². The van der Waals surface area contributed by atoms with Crippen LogP contribution in [0.15, 0.2) is 18.2 Å². The maximum atomic E-state index is 12.4. The van der Waals surface area contributed by atoms with Crippen molar-refractivity contribution in [3.63, 3.8) is 0 Å². The molecule has 5 nitrogen and oxygen atoms in total. The number of halogens is 2. The number of benzene rings is 1. The molecule has 1 heterocycles. The van der Waals surface area contributed by atoms with Crippen molar-refractivity contribution in [2.45, 2.75) is 19.1 Å². The normalized spacial score (nSPS) is 22.2. The topological polar surface area (TPSA) is 72.8 Å². The van der Waals surface area contributed by atoms with Gasteiger partial charge in [0.05, 0.1) is 24.7 Å². The highest BCUT2D eigenvalue weighted by Gasteiger charge is 2.33. The minimum atomic E-state index is -3.13. The first-order chi connectivity index (χ1) is 9.82. The number of alkyl halides is 2. The molecule has 1 N–H and O–H groups in total. The van der Waals surface area contributed by atoms with Gasteiger partial charge in [-0.25, -0.2) is 8.42 Å². The van der Waals surface area contributed by atoms with Crippen molar-refractivity contribution < 1.29 is 31.8 Å². The van der Waals surface area contributed by atoms with E-state index in [0.29, 0.717) is 12.0 Å². The van der Waals surface area contributed by atoms with E-state index < -0.39 is 28.5 Å². The Morgan fingerprint density at radius 2 is 2.05 bits per heavy atom. The van der Waals surface area contributed by atoms with Gasteiger partial charge in [-0.15, -0.1) is 0 Å². The van der Waals surface area contributed by atoms with Crippen LogP contribution in [0.5, 0.6) is 11.5 Å². The minimum Gasteiger partial charge on any atom is -0.493 e. The van der Waals surface area contributed by atoms with Gasteiger partial charge in [-0.05, 0) is 24.1 Å². The number of hydrogen-bond donors (Lipinski definition) is 1. The predicted molar refractivity (Wildman–Crippen MR) is 71.3 cm³/mol. The molecule has 1 fully saturated rings. The van der Waals surface area contributed by atoms with Crippen molar-refractivity contribution >= 4 is 9.84 Å². The third-order valence-corrected chi connectivity index (χ3v) is 5.25. The fourth-order valence-corrected chi connectivity index (χ4v) is 4.24. The lowest BCUT2D eigenvalue weighted by Gasteiger charge is -2.19. The molecule has 1 aliphatic rings. The molecule has 21 heavy (non-hydrogen) atoms. The number of aliphatic hydroxyl groups is 1. The van der Waals surface area contributed by atoms with Gasteiger partial charge >= 0.3 is 6.61 Å². The molecule has 0 spiro atoms. The highest BCUT2D eigenvalue weighted by molar-refractivity contribution is 7.91. The van der Waals surface area contributed by atoms with Crippen molar-refractivity contribution in [1.82, 2.24) is 0 Å². The van der Waals surface area contributed by atoms with Gasteiger partial charge in [0.2, 0.25) is 0 Å². The molecular formula is C13H16F2O5S. The van der Waals surface area contributed by atoms with E-state index in [2.05, 4.69) is 4.74 Å². The lowest BCUT2D eigenvalue weighted by Crippen LogP contribution is -2.14. The predicted octanol–water partition coefficient (Wildman–Crippen LogP) is 1.76. The molecule has 1 saturated heterocycles. The number of methoxy groups -OCH3 is 1. The third-order valence-electron chi connectivity index (χ3n) is 3.46. The molecule has 1 aromatic carbocycles. The van der Waals surface area contributed by atoms with Gasteiger partial charge in [-0.3, -0.25) is 0 Å². The van der Waals surface area contributed by atoms with E-state index in [4.69, 9.17) is 4.74 Å². The van der Waals surface area contributed by atoms with Crippen LogP contribution in [-0.4, -0.2) is 38.8 Å². The summed E-state index contributed by atoms with van der Waals surface area (Å²) in [6, 6.07) is 4.16. The second kappa shape index (κ2) is 6.15. The zero-order valence-corrected chi connectivity index (χ0v) is 12.1. The van der Waals surface area contributed by atoms with Crippen LogP contribution < -0.4 is 9.47 Å². The maximum absolute atomic E-state index is 12.4. The fraction of sp³-hybridized carbons (Fsp3) is 0.538. The SMILES string of the molecule is COc1ccc(C(O)C2CCS(=O)(=O)C2)cc1OC(F)F. The highest BCUT2D eigenvalue weighted by Crippen LogP contribution is 2.36. The molecule has 2 rings (SSSR count). The van der Waals surface area contributed by atoms with Crippen LogP contribution in [0.4, 0.5) is 8.78 Å². The first-order valence-electron chi connectivity index (χ1n) is 6.33. The Morgan fingerprint density at radius 1 is 1.33 bits per heavy atom. The van der Waals surface area contributed by atoms with Crippen LogP contribution >= 0.6 is 0 Å². The summed E-state index contributed by atoms with van der Waals surface area (Å²) in [6.45, 7) is -3.02. The number of hydrogen-bond acceptors (Lipinski definition) is 5. The van der Waals surface area contributed by atoms with Gasteiger partial charge in [-0.1, -0.05) is 6.07 Å². The van der Waals surface area contributed by atoms with Crippen LogP contribution in [0.1, 0.15) is 18.1 Å². The summed E-state index contributed by atoms with van der Waals surface area (Å²) < 4.78 is 56.8. The van der Waals surface area contributed by atoms with E-state index in [1.54, 1.807) is 0 Å². The standard InChI is InChI=1S/C13H16F2O5S/c1-19-10-3-2-8(6-11(10)20-13(14)15)12(16)9-4-5-21(17,18)7-9/h2-3,6,9,12-13,16H,4-5,7H2,1H3. The van der Waals surface area contributed by atoms with Gasteiger partial charge in [0.15, 0.2) is 21.3 Å². The number of aliphatic hydroxyl groups excluding tert-OH is 1. The minimum absolute atomic E-state index is 0.0330. The Balaban J connectivity index is 2.23. The zero-order chi connectivity index (χ0) is 15.6. The van der Waals surface area contributed by atoms with Gasteiger partial charge in [0, 0.05) is 5.92 Å². The van der Waals surface area contributed by atoms with Crippen LogP contribution in [0.25, 0.3) is 0 Å². The summed E-state index contributed by atoms with van der Waals surface area (Å²) >= 11 is 0. The summed E-state index contributed by atoms with van der Waals surface area (Å²) in [6.07, 6.45) is -0.700. The van der Waals surface area contributed by atoms with E-state index in [9.17, 15) is 22.3 Å². The Morgan fingerprint density at radius 3 is 2.57 bits per heavy atom. The van der Waals surface area contributed by atoms with Crippen LogP contribution in [-0.2, 0) is 9.84 Å². The van der Waals surface area contributed by atoms with Crippen molar-refractivity contribution in [1.29, 1.82) is 0 Å². The van der Waals surface area contributed by atoms with Crippen molar-refractivity contribution in [3.8, 4) is 11.5 Å². The van der Waals surface area contributed by atoms with Gasteiger partial charge in [0.1, 0.15) is 0 Å². The lowest BCUT2D eigenvalue weighted by atomic mass is 9.95.